The van der Waals surface area contributed by atoms with E-state index in [1.165, 1.54) is 12.1 Å². The van der Waals surface area contributed by atoms with Gasteiger partial charge in [0.05, 0.1) is 6.42 Å². The zero-order valence-corrected chi connectivity index (χ0v) is 6.50. The standard InChI is InChI=1S/C8H5FN2O2/c9-8-4-3-7(12)10-5(4)1-2-6(8)11-13/h1-2H,3H2,(H,10,12). The van der Waals surface area contributed by atoms with Crippen molar-refractivity contribution in [3.63, 3.8) is 0 Å². The molecule has 1 amide bonds. The van der Waals surface area contributed by atoms with Crippen LogP contribution in [0.3, 0.4) is 0 Å². The van der Waals surface area contributed by atoms with E-state index >= 15 is 0 Å². The molecule has 66 valence electrons. The highest BCUT2D eigenvalue weighted by atomic mass is 19.1. The Kier molecular flexibility index (Phi) is 1.58. The van der Waals surface area contributed by atoms with Gasteiger partial charge >= 0.3 is 0 Å². The summed E-state index contributed by atoms with van der Waals surface area (Å²) in [7, 11) is 0. The van der Waals surface area contributed by atoms with Crippen LogP contribution in [-0.2, 0) is 11.2 Å². The fourth-order valence-electron chi connectivity index (χ4n) is 1.32. The number of halogens is 1. The Hall–Kier alpha value is -1.78. The molecule has 1 aromatic rings. The van der Waals surface area contributed by atoms with Crippen LogP contribution in [0.15, 0.2) is 17.3 Å². The number of hydrogen-bond donors (Lipinski definition) is 1. The summed E-state index contributed by atoms with van der Waals surface area (Å²) in [5.41, 5.74) is 0.396. The van der Waals surface area contributed by atoms with Crippen LogP contribution < -0.4 is 5.32 Å². The maximum Gasteiger partial charge on any atom is 0.228 e. The first-order valence-corrected chi connectivity index (χ1v) is 3.67. The van der Waals surface area contributed by atoms with E-state index < -0.39 is 5.82 Å². The molecule has 0 saturated carbocycles. The van der Waals surface area contributed by atoms with Crippen molar-refractivity contribution in [2.45, 2.75) is 6.42 Å². The number of carbonyl (C=O) groups excluding carboxylic acids is 1. The van der Waals surface area contributed by atoms with Crippen LogP contribution in [0.25, 0.3) is 0 Å². The fraction of sp³-hybridized carbons (Fsp3) is 0.125. The lowest BCUT2D eigenvalue weighted by atomic mass is 10.1. The van der Waals surface area contributed by atoms with Crippen LogP contribution in [0.1, 0.15) is 5.56 Å². The minimum absolute atomic E-state index is 0.0233. The van der Waals surface area contributed by atoms with Gasteiger partial charge in [0.25, 0.3) is 0 Å². The molecule has 0 saturated heterocycles. The van der Waals surface area contributed by atoms with Gasteiger partial charge in [-0.25, -0.2) is 4.39 Å². The summed E-state index contributed by atoms with van der Waals surface area (Å²) < 4.78 is 13.3. The molecular weight excluding hydrogens is 175 g/mol. The number of anilines is 1. The topological polar surface area (TPSA) is 58.5 Å². The van der Waals surface area contributed by atoms with Gasteiger partial charge in [0.15, 0.2) is 5.82 Å². The first-order chi connectivity index (χ1) is 6.22. The number of rotatable bonds is 1. The van der Waals surface area contributed by atoms with E-state index in [1.54, 1.807) is 0 Å². The maximum absolute atomic E-state index is 13.3. The first-order valence-electron chi connectivity index (χ1n) is 3.67. The Balaban J connectivity index is 2.60. The van der Waals surface area contributed by atoms with Gasteiger partial charge in [-0.2, -0.15) is 0 Å². The number of amides is 1. The van der Waals surface area contributed by atoms with Gasteiger partial charge < -0.3 is 5.32 Å². The van der Waals surface area contributed by atoms with Gasteiger partial charge in [-0.05, 0) is 17.3 Å². The molecule has 2 rings (SSSR count). The van der Waals surface area contributed by atoms with E-state index in [4.69, 9.17) is 0 Å². The van der Waals surface area contributed by atoms with Crippen molar-refractivity contribution in [2.24, 2.45) is 5.18 Å². The average molecular weight is 180 g/mol. The van der Waals surface area contributed by atoms with Gasteiger partial charge in [-0.1, -0.05) is 0 Å². The molecule has 1 N–H and O–H groups in total. The normalized spacial score (nSPS) is 13.8. The van der Waals surface area contributed by atoms with Crippen molar-refractivity contribution < 1.29 is 9.18 Å². The second-order valence-corrected chi connectivity index (χ2v) is 2.74. The molecule has 0 unspecified atom stereocenters. The molecule has 4 nitrogen and oxygen atoms in total. The molecule has 0 aromatic heterocycles. The Morgan fingerprint density at radius 3 is 2.92 bits per heavy atom. The molecule has 5 heteroatoms. The molecular formula is C8H5FN2O2. The molecule has 13 heavy (non-hydrogen) atoms. The second kappa shape index (κ2) is 2.62. The van der Waals surface area contributed by atoms with Crippen LogP contribution >= 0.6 is 0 Å². The van der Waals surface area contributed by atoms with E-state index in [-0.39, 0.29) is 23.6 Å². The van der Waals surface area contributed by atoms with Crippen molar-refractivity contribution in [1.29, 1.82) is 0 Å². The van der Waals surface area contributed by atoms with Gasteiger partial charge in [-0.15, -0.1) is 4.91 Å². The fourth-order valence-corrected chi connectivity index (χ4v) is 1.32. The molecule has 1 heterocycles. The quantitative estimate of drug-likeness (QED) is 0.669. The molecule has 0 bridgehead atoms. The number of fused-ring (bicyclic) bond motifs is 1. The highest BCUT2D eigenvalue weighted by Gasteiger charge is 2.23. The molecule has 0 spiro atoms. The van der Waals surface area contributed by atoms with Crippen LogP contribution in [0.4, 0.5) is 15.8 Å². The molecule has 0 atom stereocenters. The van der Waals surface area contributed by atoms with Crippen molar-refractivity contribution >= 4 is 17.3 Å². The lowest BCUT2D eigenvalue weighted by molar-refractivity contribution is -0.115. The lowest BCUT2D eigenvalue weighted by Crippen LogP contribution is -2.03. The summed E-state index contributed by atoms with van der Waals surface area (Å²) in [4.78, 5) is 21.0. The monoisotopic (exact) mass is 180 g/mol. The molecule has 1 aromatic carbocycles. The van der Waals surface area contributed by atoms with Crippen LogP contribution in [0.2, 0.25) is 0 Å². The Bertz CT molecular complexity index is 403. The Morgan fingerprint density at radius 1 is 1.46 bits per heavy atom. The summed E-state index contributed by atoms with van der Waals surface area (Å²) >= 11 is 0. The van der Waals surface area contributed by atoms with Crippen molar-refractivity contribution in [2.75, 3.05) is 5.32 Å². The lowest BCUT2D eigenvalue weighted by Gasteiger charge is -1.99. The van der Waals surface area contributed by atoms with Gasteiger partial charge in [0, 0.05) is 11.3 Å². The smallest absolute Gasteiger partial charge is 0.228 e. The minimum Gasteiger partial charge on any atom is -0.325 e. The van der Waals surface area contributed by atoms with Gasteiger partial charge in [-0.3, -0.25) is 4.79 Å². The van der Waals surface area contributed by atoms with Crippen LogP contribution in [0, 0.1) is 10.7 Å². The Labute approximate surface area is 72.7 Å². The molecule has 1 aliphatic heterocycles. The zero-order chi connectivity index (χ0) is 9.42. The molecule has 0 radical (unpaired) electrons. The first kappa shape index (κ1) is 7.85. The summed E-state index contributed by atoms with van der Waals surface area (Å²) in [6.07, 6.45) is -0.0233. The summed E-state index contributed by atoms with van der Waals surface area (Å²) in [6.45, 7) is 0. The predicted octanol–water partition coefficient (Wildman–Crippen LogP) is 1.72. The van der Waals surface area contributed by atoms with Gasteiger partial charge in [0.1, 0.15) is 5.69 Å². The number of benzene rings is 1. The number of nitrogens with one attached hydrogen (secondary N) is 1. The van der Waals surface area contributed by atoms with Crippen LogP contribution in [-0.4, -0.2) is 5.91 Å². The molecule has 0 aliphatic carbocycles. The number of nitroso groups, excluding NO2 is 1. The maximum atomic E-state index is 13.3. The third-order valence-electron chi connectivity index (χ3n) is 1.93. The summed E-state index contributed by atoms with van der Waals surface area (Å²) in [5.74, 6) is -0.970. The average Bonchev–Trinajstić information content (AvgIpc) is 2.47. The second-order valence-electron chi connectivity index (χ2n) is 2.74. The minimum atomic E-state index is -0.703. The summed E-state index contributed by atoms with van der Waals surface area (Å²) in [6, 6.07) is 2.72. The van der Waals surface area contributed by atoms with E-state index in [9.17, 15) is 14.1 Å². The number of hydrogen-bond acceptors (Lipinski definition) is 3. The number of carbonyl (C=O) groups is 1. The van der Waals surface area contributed by atoms with E-state index in [1.807, 2.05) is 0 Å². The highest BCUT2D eigenvalue weighted by molar-refractivity contribution is 5.99. The van der Waals surface area contributed by atoms with Gasteiger partial charge in [0.2, 0.25) is 5.91 Å². The van der Waals surface area contributed by atoms with Crippen LogP contribution in [0.5, 0.6) is 0 Å². The number of nitrogens with zero attached hydrogens (tertiary/aromatic N) is 1. The van der Waals surface area contributed by atoms with Crippen molar-refractivity contribution in [1.82, 2.24) is 0 Å². The highest BCUT2D eigenvalue weighted by Crippen LogP contribution is 2.31. The molecule has 1 aliphatic rings. The van der Waals surface area contributed by atoms with Crippen molar-refractivity contribution in [3.05, 3.63) is 28.4 Å². The Morgan fingerprint density at radius 2 is 2.23 bits per heavy atom. The predicted molar refractivity (Wildman–Crippen MR) is 44.2 cm³/mol. The van der Waals surface area contributed by atoms with E-state index in [0.29, 0.717) is 5.69 Å². The third-order valence-corrected chi connectivity index (χ3v) is 1.93. The van der Waals surface area contributed by atoms with E-state index in [0.717, 1.165) is 0 Å². The largest absolute Gasteiger partial charge is 0.325 e. The zero-order valence-electron chi connectivity index (χ0n) is 6.50. The third kappa shape index (κ3) is 1.09. The SMILES string of the molecule is O=Nc1ccc2c(c1F)CC(=O)N2. The van der Waals surface area contributed by atoms with Crippen molar-refractivity contribution in [3.8, 4) is 0 Å². The summed E-state index contributed by atoms with van der Waals surface area (Å²) in [5, 5.41) is 4.98. The molecule has 0 fully saturated rings. The van der Waals surface area contributed by atoms with E-state index in [2.05, 4.69) is 10.5 Å².